The van der Waals surface area contributed by atoms with Crippen LogP contribution in [0.1, 0.15) is 308 Å². The summed E-state index contributed by atoms with van der Waals surface area (Å²) in [6.07, 6.45) is 50.7. The number of carbonyl (C=O) groups is 4. The van der Waals surface area contributed by atoms with Crippen LogP contribution in [0.5, 0.6) is 0 Å². The van der Waals surface area contributed by atoms with Crippen molar-refractivity contribution in [1.29, 1.82) is 0 Å². The first-order chi connectivity index (χ1) is 29.5. The maximum Gasteiger partial charge on any atom is 0.106 e. The Morgan fingerprint density at radius 3 is 0.443 bits per heavy atom. The molecule has 0 aromatic carbocycles. The largest absolute Gasteiger partial charge is 0.366 e. The molecule has 0 aliphatic carbocycles. The van der Waals surface area contributed by atoms with E-state index in [9.17, 15) is 0 Å². The van der Waals surface area contributed by atoms with Crippen molar-refractivity contribution in [2.24, 2.45) is 0 Å². The number of hydrogen-bond donors (Lipinski definition) is 0. The molecule has 0 heterocycles. The molecule has 0 N–H and O–H groups in total. The molecular weight excluding hydrogens is 795 g/mol. The van der Waals surface area contributed by atoms with Gasteiger partial charge in [-0.25, -0.2) is 0 Å². The first kappa shape index (κ1) is 87.4. The van der Waals surface area contributed by atoms with Crippen molar-refractivity contribution >= 4 is 46.1 Å². The van der Waals surface area contributed by atoms with Gasteiger partial charge in [-0.05, 0) is 12.8 Å². The fraction of sp³-hybridized carbons (Fsp3) is 0.925. The molecule has 0 radical (unpaired) electrons. The zero-order valence-corrected chi connectivity index (χ0v) is 45.6. The van der Waals surface area contributed by atoms with E-state index >= 15 is 0 Å². The molecule has 0 spiro atoms. The van der Waals surface area contributed by atoms with Gasteiger partial charge in [-0.2, -0.15) is 0 Å². The molecular formula is C53H122O6P2. The predicted octanol–water partition coefficient (Wildman–Crippen LogP) is 19.7. The van der Waals surface area contributed by atoms with Crippen LogP contribution in [0.25, 0.3) is 0 Å². The van der Waals surface area contributed by atoms with Crippen molar-refractivity contribution in [3.05, 3.63) is 0 Å². The highest BCUT2D eigenvalue weighted by molar-refractivity contribution is 7.10. The maximum absolute atomic E-state index is 8.00. The molecule has 0 aliphatic heterocycles. The van der Waals surface area contributed by atoms with E-state index in [2.05, 4.69) is 88.2 Å². The SMILES string of the molecule is C.C=O.C=O.C=O.C=O.CCC.CCC.CCC.CCC.CCCCCCCCCCCCCCCCCCOP.CCCCCCCCCCCCCCCCCCOP. The van der Waals surface area contributed by atoms with Crippen molar-refractivity contribution < 1.29 is 28.2 Å². The Kier molecular flexibility index (Phi) is 187. The minimum absolute atomic E-state index is 0. The van der Waals surface area contributed by atoms with Crippen LogP contribution in [0.3, 0.4) is 0 Å². The summed E-state index contributed by atoms with van der Waals surface area (Å²) in [6.45, 7) is 31.4. The molecule has 2 atom stereocenters. The van der Waals surface area contributed by atoms with Crippen LogP contribution < -0.4 is 0 Å². The molecule has 2 unspecified atom stereocenters. The van der Waals surface area contributed by atoms with Gasteiger partial charge in [-0.3, -0.25) is 0 Å². The van der Waals surface area contributed by atoms with Crippen molar-refractivity contribution in [2.75, 3.05) is 13.2 Å². The maximum atomic E-state index is 8.00. The second kappa shape index (κ2) is 131. The number of rotatable bonds is 34. The minimum atomic E-state index is 0. The fourth-order valence-electron chi connectivity index (χ4n) is 5.47. The van der Waals surface area contributed by atoms with E-state index in [0.717, 1.165) is 13.2 Å². The first-order valence-electron chi connectivity index (χ1n) is 25.3. The summed E-state index contributed by atoms with van der Waals surface area (Å²) in [7, 11) is 4.66. The van der Waals surface area contributed by atoms with E-state index in [4.69, 9.17) is 28.2 Å². The van der Waals surface area contributed by atoms with E-state index in [0.29, 0.717) is 0 Å². The molecule has 0 bridgehead atoms. The molecule has 8 heteroatoms. The van der Waals surface area contributed by atoms with Gasteiger partial charge in [0.25, 0.3) is 0 Å². The Labute approximate surface area is 393 Å². The van der Waals surface area contributed by atoms with E-state index in [1.165, 1.54) is 231 Å². The molecule has 0 amide bonds. The van der Waals surface area contributed by atoms with Crippen molar-refractivity contribution in [3.63, 3.8) is 0 Å². The Morgan fingerprint density at radius 1 is 0.246 bits per heavy atom. The third kappa shape index (κ3) is 175. The van der Waals surface area contributed by atoms with Gasteiger partial charge in [0.15, 0.2) is 0 Å². The van der Waals surface area contributed by atoms with Crippen molar-refractivity contribution in [3.8, 4) is 0 Å². The van der Waals surface area contributed by atoms with Crippen molar-refractivity contribution in [2.45, 2.75) is 308 Å². The van der Waals surface area contributed by atoms with Gasteiger partial charge in [0, 0.05) is 18.9 Å². The smallest absolute Gasteiger partial charge is 0.106 e. The van der Waals surface area contributed by atoms with Crippen molar-refractivity contribution in [1.82, 2.24) is 0 Å². The van der Waals surface area contributed by atoms with Gasteiger partial charge >= 0.3 is 0 Å². The Bertz CT molecular complexity index is 433. The number of unbranched alkanes of at least 4 members (excludes halogenated alkanes) is 30. The van der Waals surface area contributed by atoms with Gasteiger partial charge in [0.05, 0.1) is 13.2 Å². The zero-order valence-electron chi connectivity index (χ0n) is 43.3. The van der Waals surface area contributed by atoms with E-state index in [1.807, 2.05) is 27.2 Å². The molecule has 0 saturated heterocycles. The van der Waals surface area contributed by atoms with E-state index in [1.54, 1.807) is 0 Å². The number of carbonyl (C=O) groups excluding carboxylic acids is 4. The van der Waals surface area contributed by atoms with Crippen LogP contribution in [-0.4, -0.2) is 40.4 Å². The molecule has 6 nitrogen and oxygen atoms in total. The summed E-state index contributed by atoms with van der Waals surface area (Å²) in [5, 5.41) is 0. The average Bonchev–Trinajstić information content (AvgIpc) is 3.27. The lowest BCUT2D eigenvalue weighted by Crippen LogP contribution is -1.85. The highest BCUT2D eigenvalue weighted by atomic mass is 31.0. The van der Waals surface area contributed by atoms with Crippen LogP contribution in [0.15, 0.2) is 0 Å². The summed E-state index contributed by atoms with van der Waals surface area (Å²) in [6, 6.07) is 0. The molecule has 0 saturated carbocycles. The topological polar surface area (TPSA) is 86.7 Å². The Hall–Kier alpha value is -0.540. The third-order valence-electron chi connectivity index (χ3n) is 8.23. The van der Waals surface area contributed by atoms with Gasteiger partial charge in [0.2, 0.25) is 0 Å². The van der Waals surface area contributed by atoms with Gasteiger partial charge in [-0.15, -0.1) is 0 Å². The molecule has 0 rings (SSSR count). The summed E-state index contributed by atoms with van der Waals surface area (Å²) in [4.78, 5) is 32.0. The van der Waals surface area contributed by atoms with Gasteiger partial charge in [0.1, 0.15) is 27.2 Å². The predicted molar refractivity (Wildman–Crippen MR) is 289 cm³/mol. The molecule has 0 aliphatic rings. The van der Waals surface area contributed by atoms with Crippen LogP contribution >= 0.6 is 18.9 Å². The van der Waals surface area contributed by atoms with Crippen LogP contribution in [0.4, 0.5) is 0 Å². The second-order valence-corrected chi connectivity index (χ2v) is 15.8. The van der Waals surface area contributed by atoms with Gasteiger partial charge in [-0.1, -0.05) is 295 Å². The van der Waals surface area contributed by atoms with Crippen LogP contribution in [-0.2, 0) is 28.2 Å². The third-order valence-corrected chi connectivity index (χ3v) is 8.70. The summed E-state index contributed by atoms with van der Waals surface area (Å²) >= 11 is 0. The summed E-state index contributed by atoms with van der Waals surface area (Å²) < 4.78 is 9.96. The van der Waals surface area contributed by atoms with Gasteiger partial charge < -0.3 is 28.2 Å². The summed E-state index contributed by atoms with van der Waals surface area (Å²) in [5.41, 5.74) is 0. The number of hydrogen-bond acceptors (Lipinski definition) is 6. The Balaban J connectivity index is -0.0000000629. The van der Waals surface area contributed by atoms with E-state index < -0.39 is 0 Å². The molecule has 0 fully saturated rings. The Morgan fingerprint density at radius 2 is 0.344 bits per heavy atom. The first-order valence-corrected chi connectivity index (χ1v) is 26.2. The lowest BCUT2D eigenvalue weighted by atomic mass is 10.0. The molecule has 61 heavy (non-hydrogen) atoms. The lowest BCUT2D eigenvalue weighted by molar-refractivity contribution is -0.0987. The van der Waals surface area contributed by atoms with Crippen LogP contribution in [0.2, 0.25) is 0 Å². The average molecular weight is 918 g/mol. The highest BCUT2D eigenvalue weighted by Crippen LogP contribution is 2.15. The quantitative estimate of drug-likeness (QED) is 0.0472. The molecule has 0 aromatic heterocycles. The highest BCUT2D eigenvalue weighted by Gasteiger charge is 1.96. The van der Waals surface area contributed by atoms with Crippen LogP contribution in [0, 0.1) is 0 Å². The fourth-order valence-corrected chi connectivity index (χ4v) is 5.80. The standard InChI is InChI=1S/2C18H39OP.4C3H8.4CH2O.CH4/c2*1-2-3-4-5-6-7-8-9-10-11-12-13-14-15-16-17-18-19-20;4*1-3-2;4*1-2;/h2*2-18,20H2,1H3;4*3H2,1-2H3;4*1H2;1H4. The molecule has 0 aromatic rings. The normalized spacial score (nSPS) is 8.72. The van der Waals surface area contributed by atoms with E-state index in [-0.39, 0.29) is 7.43 Å². The monoisotopic (exact) mass is 917 g/mol. The minimum Gasteiger partial charge on any atom is -0.366 e. The zero-order chi connectivity index (χ0) is 48.3. The lowest BCUT2D eigenvalue weighted by Gasteiger charge is -2.03. The molecule has 380 valence electrons. The summed E-state index contributed by atoms with van der Waals surface area (Å²) in [5.74, 6) is 0. The second-order valence-electron chi connectivity index (χ2n) is 15.2.